The SMILES string of the molecule is COCCCS(=O)(=O)N1CCNC(=O)C1. The standard InChI is InChI=1S/C8H16N2O4S/c1-14-5-2-6-15(12,13)10-4-3-9-8(11)7-10/h2-7H2,1H3,(H,9,11). The van der Waals surface area contributed by atoms with Crippen molar-refractivity contribution in [3.63, 3.8) is 0 Å². The van der Waals surface area contributed by atoms with Gasteiger partial charge in [0.05, 0.1) is 12.3 Å². The monoisotopic (exact) mass is 236 g/mol. The predicted molar refractivity (Wildman–Crippen MR) is 54.9 cm³/mol. The number of rotatable bonds is 5. The Balaban J connectivity index is 2.49. The molecule has 0 aliphatic carbocycles. The highest BCUT2D eigenvalue weighted by Crippen LogP contribution is 2.05. The number of piperazine rings is 1. The summed E-state index contributed by atoms with van der Waals surface area (Å²) < 4.78 is 29.4. The fourth-order valence-corrected chi connectivity index (χ4v) is 2.79. The predicted octanol–water partition coefficient (Wildman–Crippen LogP) is -1.22. The van der Waals surface area contributed by atoms with Crippen LogP contribution in [0.1, 0.15) is 6.42 Å². The van der Waals surface area contributed by atoms with Crippen molar-refractivity contribution in [3.05, 3.63) is 0 Å². The van der Waals surface area contributed by atoms with Gasteiger partial charge in [0, 0.05) is 26.8 Å². The lowest BCUT2D eigenvalue weighted by Crippen LogP contribution is -2.50. The van der Waals surface area contributed by atoms with Crippen LogP contribution in [-0.2, 0) is 19.6 Å². The van der Waals surface area contributed by atoms with E-state index in [1.54, 1.807) is 0 Å². The van der Waals surface area contributed by atoms with E-state index in [9.17, 15) is 13.2 Å². The molecule has 7 heteroatoms. The van der Waals surface area contributed by atoms with Gasteiger partial charge in [0.2, 0.25) is 15.9 Å². The van der Waals surface area contributed by atoms with Crippen LogP contribution in [0.25, 0.3) is 0 Å². The van der Waals surface area contributed by atoms with E-state index in [2.05, 4.69) is 5.32 Å². The van der Waals surface area contributed by atoms with Crippen LogP contribution < -0.4 is 5.32 Å². The van der Waals surface area contributed by atoms with E-state index >= 15 is 0 Å². The lowest BCUT2D eigenvalue weighted by atomic mass is 10.4. The molecule has 0 aromatic heterocycles. The van der Waals surface area contributed by atoms with Crippen molar-refractivity contribution in [1.82, 2.24) is 9.62 Å². The molecule has 0 spiro atoms. The summed E-state index contributed by atoms with van der Waals surface area (Å²) in [5.74, 6) is -0.203. The van der Waals surface area contributed by atoms with Gasteiger partial charge in [-0.1, -0.05) is 0 Å². The molecule has 1 rings (SSSR count). The number of hydrogen-bond acceptors (Lipinski definition) is 4. The number of hydrogen-bond donors (Lipinski definition) is 1. The summed E-state index contributed by atoms with van der Waals surface area (Å²) >= 11 is 0. The van der Waals surface area contributed by atoms with Crippen molar-refractivity contribution >= 4 is 15.9 Å². The molecule has 1 aliphatic heterocycles. The largest absolute Gasteiger partial charge is 0.385 e. The van der Waals surface area contributed by atoms with Crippen LogP contribution >= 0.6 is 0 Å². The molecule has 0 aromatic carbocycles. The highest BCUT2D eigenvalue weighted by molar-refractivity contribution is 7.89. The molecule has 88 valence electrons. The fraction of sp³-hybridized carbons (Fsp3) is 0.875. The number of nitrogens with one attached hydrogen (secondary N) is 1. The summed E-state index contributed by atoms with van der Waals surface area (Å²) in [7, 11) is -1.77. The second-order valence-electron chi connectivity index (χ2n) is 3.35. The zero-order valence-electron chi connectivity index (χ0n) is 8.73. The van der Waals surface area contributed by atoms with Gasteiger partial charge in [0.15, 0.2) is 0 Å². The van der Waals surface area contributed by atoms with Gasteiger partial charge >= 0.3 is 0 Å². The average Bonchev–Trinajstić information content (AvgIpc) is 2.18. The molecule has 1 fully saturated rings. The van der Waals surface area contributed by atoms with Gasteiger partial charge in [0.25, 0.3) is 0 Å². The Morgan fingerprint density at radius 2 is 2.27 bits per heavy atom. The number of sulfonamides is 1. The summed E-state index contributed by atoms with van der Waals surface area (Å²) in [5, 5.41) is 2.58. The maximum Gasteiger partial charge on any atom is 0.235 e. The summed E-state index contributed by atoms with van der Waals surface area (Å²) in [6.45, 7) is 1.11. The third-order valence-electron chi connectivity index (χ3n) is 2.15. The lowest BCUT2D eigenvalue weighted by molar-refractivity contribution is -0.122. The average molecular weight is 236 g/mol. The van der Waals surface area contributed by atoms with Crippen LogP contribution in [0.4, 0.5) is 0 Å². The fourth-order valence-electron chi connectivity index (χ4n) is 1.37. The minimum atomic E-state index is -3.30. The van der Waals surface area contributed by atoms with Gasteiger partial charge in [0.1, 0.15) is 0 Å². The molecule has 1 aliphatic rings. The van der Waals surface area contributed by atoms with Crippen molar-refractivity contribution in [2.45, 2.75) is 6.42 Å². The Morgan fingerprint density at radius 1 is 1.53 bits per heavy atom. The summed E-state index contributed by atoms with van der Waals surface area (Å²) in [5.41, 5.74) is 0. The van der Waals surface area contributed by atoms with Crippen LogP contribution in [0.15, 0.2) is 0 Å². The first-order chi connectivity index (χ1) is 7.06. The first-order valence-corrected chi connectivity index (χ1v) is 6.40. The molecule has 0 saturated carbocycles. The molecule has 0 unspecified atom stereocenters. The maximum atomic E-state index is 11.7. The van der Waals surface area contributed by atoms with E-state index in [0.717, 1.165) is 0 Å². The van der Waals surface area contributed by atoms with Crippen LogP contribution in [-0.4, -0.2) is 57.7 Å². The third-order valence-corrected chi connectivity index (χ3v) is 4.05. The summed E-state index contributed by atoms with van der Waals surface area (Å²) in [6.07, 6.45) is 0.455. The van der Waals surface area contributed by atoms with E-state index in [4.69, 9.17) is 4.74 Å². The number of ether oxygens (including phenoxy) is 1. The number of nitrogens with zero attached hydrogens (tertiary/aromatic N) is 1. The minimum Gasteiger partial charge on any atom is -0.385 e. The topological polar surface area (TPSA) is 75.7 Å². The Hall–Kier alpha value is -0.660. The Bertz CT molecular complexity index is 315. The molecule has 1 saturated heterocycles. The molecular formula is C8H16N2O4S. The van der Waals surface area contributed by atoms with Gasteiger partial charge in [-0.2, -0.15) is 4.31 Å². The minimum absolute atomic E-state index is 0.0358. The van der Waals surface area contributed by atoms with E-state index in [1.165, 1.54) is 11.4 Å². The third kappa shape index (κ3) is 3.77. The number of methoxy groups -OCH3 is 1. The van der Waals surface area contributed by atoms with Gasteiger partial charge in [-0.15, -0.1) is 0 Å². The normalized spacial score (nSPS) is 18.9. The zero-order chi connectivity index (χ0) is 11.3. The van der Waals surface area contributed by atoms with E-state index in [1.807, 2.05) is 0 Å². The molecule has 1 heterocycles. The van der Waals surface area contributed by atoms with Crippen molar-refractivity contribution in [1.29, 1.82) is 0 Å². The maximum absolute atomic E-state index is 11.7. The highest BCUT2D eigenvalue weighted by Gasteiger charge is 2.26. The molecule has 0 bridgehead atoms. The van der Waals surface area contributed by atoms with Crippen LogP contribution in [0.3, 0.4) is 0 Å². The van der Waals surface area contributed by atoms with Crippen molar-refractivity contribution < 1.29 is 17.9 Å². The summed E-state index contributed by atoms with van der Waals surface area (Å²) in [6, 6.07) is 0. The second-order valence-corrected chi connectivity index (χ2v) is 5.43. The van der Waals surface area contributed by atoms with Crippen molar-refractivity contribution in [2.24, 2.45) is 0 Å². The van der Waals surface area contributed by atoms with E-state index in [0.29, 0.717) is 26.1 Å². The van der Waals surface area contributed by atoms with Crippen LogP contribution in [0.2, 0.25) is 0 Å². The Kier molecular flexibility index (Phi) is 4.49. The molecule has 0 radical (unpaired) electrons. The van der Waals surface area contributed by atoms with Crippen LogP contribution in [0, 0.1) is 0 Å². The molecule has 1 amide bonds. The molecule has 0 atom stereocenters. The zero-order valence-corrected chi connectivity index (χ0v) is 9.55. The molecule has 6 nitrogen and oxygen atoms in total. The lowest BCUT2D eigenvalue weighted by Gasteiger charge is -2.25. The smallest absolute Gasteiger partial charge is 0.235 e. The van der Waals surface area contributed by atoms with Gasteiger partial charge < -0.3 is 10.1 Å². The number of carbonyl (C=O) groups is 1. The molecular weight excluding hydrogens is 220 g/mol. The number of carbonyl (C=O) groups excluding carboxylic acids is 1. The van der Waals surface area contributed by atoms with Gasteiger partial charge in [-0.25, -0.2) is 8.42 Å². The van der Waals surface area contributed by atoms with E-state index in [-0.39, 0.29) is 18.2 Å². The molecule has 15 heavy (non-hydrogen) atoms. The Labute approximate surface area is 89.6 Å². The van der Waals surface area contributed by atoms with Gasteiger partial charge in [-0.05, 0) is 6.42 Å². The quantitative estimate of drug-likeness (QED) is 0.607. The molecule has 0 aromatic rings. The Morgan fingerprint density at radius 3 is 2.87 bits per heavy atom. The summed E-state index contributed by atoms with van der Waals surface area (Å²) in [4.78, 5) is 11.0. The van der Waals surface area contributed by atoms with Gasteiger partial charge in [-0.3, -0.25) is 4.79 Å². The van der Waals surface area contributed by atoms with Crippen molar-refractivity contribution in [3.8, 4) is 0 Å². The van der Waals surface area contributed by atoms with Crippen LogP contribution in [0.5, 0.6) is 0 Å². The molecule has 1 N–H and O–H groups in total. The number of amides is 1. The van der Waals surface area contributed by atoms with E-state index < -0.39 is 10.0 Å². The first-order valence-electron chi connectivity index (χ1n) is 4.80. The second kappa shape index (κ2) is 5.43. The first kappa shape index (κ1) is 12.4. The van der Waals surface area contributed by atoms with Crippen molar-refractivity contribution in [2.75, 3.05) is 39.1 Å². The highest BCUT2D eigenvalue weighted by atomic mass is 32.2.